The highest BCUT2D eigenvalue weighted by atomic mass is 16.2. The van der Waals surface area contributed by atoms with Gasteiger partial charge in [-0.1, -0.05) is 25.1 Å². The molecule has 0 saturated heterocycles. The zero-order chi connectivity index (χ0) is 11.5. The monoisotopic (exact) mass is 218 g/mol. The third-order valence-corrected chi connectivity index (χ3v) is 3.00. The fourth-order valence-corrected chi connectivity index (χ4v) is 2.16. The van der Waals surface area contributed by atoms with Crippen molar-refractivity contribution < 1.29 is 4.79 Å². The zero-order valence-electron chi connectivity index (χ0n) is 9.86. The summed E-state index contributed by atoms with van der Waals surface area (Å²) in [5, 5.41) is 3.28. The molecule has 0 radical (unpaired) electrons. The smallest absolute Gasteiger partial charge is 0.245 e. The molecule has 0 aromatic heterocycles. The number of hydrogen-bond acceptors (Lipinski definition) is 2. The lowest BCUT2D eigenvalue weighted by Gasteiger charge is -2.20. The van der Waals surface area contributed by atoms with Crippen LogP contribution in [0, 0.1) is 0 Å². The number of hydrogen-bond donors (Lipinski definition) is 1. The van der Waals surface area contributed by atoms with Gasteiger partial charge >= 0.3 is 0 Å². The second kappa shape index (κ2) is 4.56. The first-order valence-corrected chi connectivity index (χ1v) is 5.81. The fraction of sp³-hybridized carbons (Fsp3) is 0.462. The maximum absolute atomic E-state index is 12.1. The van der Waals surface area contributed by atoms with Crippen LogP contribution in [0.15, 0.2) is 24.3 Å². The average molecular weight is 218 g/mol. The molecule has 2 rings (SSSR count). The normalized spacial score (nSPS) is 17.8. The standard InChI is InChI=1S/C13H18N2O/c1-3-8-15(2)13(16)12-9-10-6-4-5-7-11(10)14-12/h4-7,12,14H,3,8-9H2,1-2H3. The summed E-state index contributed by atoms with van der Waals surface area (Å²) in [4.78, 5) is 13.9. The number of carbonyl (C=O) groups excluding carboxylic acids is 1. The maximum atomic E-state index is 12.1. The molecule has 3 nitrogen and oxygen atoms in total. The lowest BCUT2D eigenvalue weighted by Crippen LogP contribution is -2.40. The molecule has 1 N–H and O–H groups in total. The molecule has 1 aromatic carbocycles. The zero-order valence-corrected chi connectivity index (χ0v) is 9.86. The number of carbonyl (C=O) groups is 1. The first-order chi connectivity index (χ1) is 7.72. The molecule has 3 heteroatoms. The van der Waals surface area contributed by atoms with Gasteiger partial charge in [0.2, 0.25) is 5.91 Å². The van der Waals surface area contributed by atoms with E-state index in [1.807, 2.05) is 30.1 Å². The second-order valence-electron chi connectivity index (χ2n) is 4.32. The Morgan fingerprint density at radius 1 is 1.50 bits per heavy atom. The maximum Gasteiger partial charge on any atom is 0.245 e. The summed E-state index contributed by atoms with van der Waals surface area (Å²) in [6.07, 6.45) is 1.81. The van der Waals surface area contributed by atoms with Gasteiger partial charge in [-0.2, -0.15) is 0 Å². The van der Waals surface area contributed by atoms with Crippen LogP contribution >= 0.6 is 0 Å². The molecule has 0 saturated carbocycles. The summed E-state index contributed by atoms with van der Waals surface area (Å²) >= 11 is 0. The minimum Gasteiger partial charge on any atom is -0.373 e. The van der Waals surface area contributed by atoms with Crippen molar-refractivity contribution in [2.45, 2.75) is 25.8 Å². The molecule has 16 heavy (non-hydrogen) atoms. The molecule has 1 aromatic rings. The van der Waals surface area contributed by atoms with Crippen molar-refractivity contribution in [3.8, 4) is 0 Å². The number of nitrogens with zero attached hydrogens (tertiary/aromatic N) is 1. The number of para-hydroxylation sites is 1. The van der Waals surface area contributed by atoms with E-state index in [0.717, 1.165) is 25.1 Å². The molecule has 0 bridgehead atoms. The van der Waals surface area contributed by atoms with Gasteiger partial charge in [0, 0.05) is 25.7 Å². The number of rotatable bonds is 3. The molecular weight excluding hydrogens is 200 g/mol. The number of amides is 1. The van der Waals surface area contributed by atoms with Crippen molar-refractivity contribution in [1.29, 1.82) is 0 Å². The molecule has 1 aliphatic heterocycles. The largest absolute Gasteiger partial charge is 0.373 e. The van der Waals surface area contributed by atoms with E-state index in [1.54, 1.807) is 0 Å². The predicted octanol–water partition coefficient (Wildman–Crippen LogP) is 1.89. The van der Waals surface area contributed by atoms with Crippen molar-refractivity contribution >= 4 is 11.6 Å². The Kier molecular flexibility index (Phi) is 3.13. The summed E-state index contributed by atoms with van der Waals surface area (Å²) in [7, 11) is 1.87. The van der Waals surface area contributed by atoms with Gasteiger partial charge in [-0.15, -0.1) is 0 Å². The topological polar surface area (TPSA) is 32.3 Å². The Labute approximate surface area is 96.5 Å². The van der Waals surface area contributed by atoms with Crippen molar-refractivity contribution in [2.24, 2.45) is 0 Å². The Hall–Kier alpha value is -1.51. The third kappa shape index (κ3) is 2.03. The summed E-state index contributed by atoms with van der Waals surface area (Å²) < 4.78 is 0. The van der Waals surface area contributed by atoms with Gasteiger partial charge < -0.3 is 10.2 Å². The molecule has 1 unspecified atom stereocenters. The fourth-order valence-electron chi connectivity index (χ4n) is 2.16. The van der Waals surface area contributed by atoms with Crippen LogP contribution in [-0.4, -0.2) is 30.4 Å². The van der Waals surface area contributed by atoms with E-state index >= 15 is 0 Å². The van der Waals surface area contributed by atoms with Crippen LogP contribution in [0.4, 0.5) is 5.69 Å². The van der Waals surface area contributed by atoms with E-state index in [1.165, 1.54) is 5.56 Å². The average Bonchev–Trinajstić information content (AvgIpc) is 2.71. The Bertz CT molecular complexity index is 364. The number of fused-ring (bicyclic) bond motifs is 1. The number of likely N-dealkylation sites (N-methyl/N-ethyl adjacent to an activating group) is 1. The van der Waals surface area contributed by atoms with Crippen LogP contribution in [0.25, 0.3) is 0 Å². The van der Waals surface area contributed by atoms with Crippen LogP contribution in [0.3, 0.4) is 0 Å². The summed E-state index contributed by atoms with van der Waals surface area (Å²) in [5.41, 5.74) is 2.34. The molecule has 1 heterocycles. The van der Waals surface area contributed by atoms with Crippen molar-refractivity contribution in [3.05, 3.63) is 29.8 Å². The Balaban J connectivity index is 2.03. The van der Waals surface area contributed by atoms with Crippen LogP contribution in [-0.2, 0) is 11.2 Å². The van der Waals surface area contributed by atoms with Crippen LogP contribution in [0.1, 0.15) is 18.9 Å². The van der Waals surface area contributed by atoms with E-state index in [9.17, 15) is 4.79 Å². The van der Waals surface area contributed by atoms with E-state index in [0.29, 0.717) is 0 Å². The van der Waals surface area contributed by atoms with E-state index in [2.05, 4.69) is 18.3 Å². The second-order valence-corrected chi connectivity index (χ2v) is 4.32. The van der Waals surface area contributed by atoms with Crippen LogP contribution < -0.4 is 5.32 Å². The van der Waals surface area contributed by atoms with E-state index < -0.39 is 0 Å². The van der Waals surface area contributed by atoms with Crippen LogP contribution in [0.5, 0.6) is 0 Å². The Morgan fingerprint density at radius 2 is 2.25 bits per heavy atom. The summed E-state index contributed by atoms with van der Waals surface area (Å²) in [6.45, 7) is 2.91. The number of nitrogens with one attached hydrogen (secondary N) is 1. The molecule has 86 valence electrons. The molecular formula is C13H18N2O. The molecule has 1 atom stereocenters. The lowest BCUT2D eigenvalue weighted by atomic mass is 10.1. The van der Waals surface area contributed by atoms with Gasteiger partial charge in [0.1, 0.15) is 6.04 Å². The van der Waals surface area contributed by atoms with Gasteiger partial charge in [-0.3, -0.25) is 4.79 Å². The van der Waals surface area contributed by atoms with Crippen molar-refractivity contribution in [2.75, 3.05) is 18.9 Å². The molecule has 1 aliphatic rings. The number of benzene rings is 1. The molecule has 0 spiro atoms. The van der Waals surface area contributed by atoms with Gasteiger partial charge in [-0.25, -0.2) is 0 Å². The van der Waals surface area contributed by atoms with E-state index in [-0.39, 0.29) is 11.9 Å². The SMILES string of the molecule is CCCN(C)C(=O)C1Cc2ccccc2N1. The van der Waals surface area contributed by atoms with Gasteiger partial charge in [-0.05, 0) is 18.1 Å². The molecule has 0 aliphatic carbocycles. The third-order valence-electron chi connectivity index (χ3n) is 3.00. The minimum absolute atomic E-state index is 0.0750. The Morgan fingerprint density at radius 3 is 2.94 bits per heavy atom. The first-order valence-electron chi connectivity index (χ1n) is 5.81. The quantitative estimate of drug-likeness (QED) is 0.840. The van der Waals surface area contributed by atoms with E-state index in [4.69, 9.17) is 0 Å². The van der Waals surface area contributed by atoms with Gasteiger partial charge in [0.25, 0.3) is 0 Å². The molecule has 1 amide bonds. The summed E-state index contributed by atoms with van der Waals surface area (Å²) in [6, 6.07) is 8.05. The van der Waals surface area contributed by atoms with Gasteiger partial charge in [0.15, 0.2) is 0 Å². The van der Waals surface area contributed by atoms with Crippen molar-refractivity contribution in [3.63, 3.8) is 0 Å². The van der Waals surface area contributed by atoms with Crippen molar-refractivity contribution in [1.82, 2.24) is 4.90 Å². The van der Waals surface area contributed by atoms with Gasteiger partial charge in [0.05, 0.1) is 0 Å². The predicted molar refractivity (Wildman–Crippen MR) is 65.5 cm³/mol. The lowest BCUT2D eigenvalue weighted by molar-refractivity contribution is -0.130. The highest BCUT2D eigenvalue weighted by Crippen LogP contribution is 2.25. The highest BCUT2D eigenvalue weighted by Gasteiger charge is 2.27. The first kappa shape index (κ1) is 11.0. The van der Waals surface area contributed by atoms with Crippen LogP contribution in [0.2, 0.25) is 0 Å². The molecule has 0 fully saturated rings. The highest BCUT2D eigenvalue weighted by molar-refractivity contribution is 5.87. The summed E-state index contributed by atoms with van der Waals surface area (Å²) in [5.74, 6) is 0.193. The number of anilines is 1. The minimum atomic E-state index is -0.0750.